The molecule has 0 spiro atoms. The predicted octanol–water partition coefficient (Wildman–Crippen LogP) is 4.59. The van der Waals surface area contributed by atoms with Gasteiger partial charge >= 0.3 is 0 Å². The summed E-state index contributed by atoms with van der Waals surface area (Å²) in [5.74, 6) is 0.559. The Hall–Kier alpha value is -1.31. The zero-order valence-corrected chi connectivity index (χ0v) is 11.5. The molecule has 18 heavy (non-hydrogen) atoms. The van der Waals surface area contributed by atoms with Gasteiger partial charge in [-0.3, -0.25) is 0 Å². The third kappa shape index (κ3) is 2.74. The smallest absolute Gasteiger partial charge is 0.0451 e. The van der Waals surface area contributed by atoms with Gasteiger partial charge in [-0.05, 0) is 40.3 Å². The van der Waals surface area contributed by atoms with Gasteiger partial charge in [-0.15, -0.1) is 0 Å². The lowest BCUT2D eigenvalue weighted by molar-refractivity contribution is 0.867. The second-order valence-electron chi connectivity index (χ2n) is 4.79. The van der Waals surface area contributed by atoms with Gasteiger partial charge in [0.05, 0.1) is 0 Å². The minimum absolute atomic E-state index is 0.469. The highest BCUT2D eigenvalue weighted by Crippen LogP contribution is 2.26. The van der Waals surface area contributed by atoms with E-state index in [1.165, 1.54) is 11.1 Å². The number of hydrogen-bond acceptors (Lipinski definition) is 1. The quantitative estimate of drug-likeness (QED) is 0.857. The number of benzene rings is 2. The van der Waals surface area contributed by atoms with Crippen LogP contribution in [0.4, 0.5) is 0 Å². The van der Waals surface area contributed by atoms with Crippen molar-refractivity contribution in [2.45, 2.75) is 26.3 Å². The van der Waals surface area contributed by atoms with Crippen LogP contribution in [0.25, 0.3) is 11.1 Å². The molecule has 2 N–H and O–H groups in total. The topological polar surface area (TPSA) is 26.0 Å². The second-order valence-corrected chi connectivity index (χ2v) is 5.19. The number of rotatable bonds is 3. The third-order valence-corrected chi connectivity index (χ3v) is 3.55. The van der Waals surface area contributed by atoms with Gasteiger partial charge in [0.2, 0.25) is 0 Å². The first-order valence-electron chi connectivity index (χ1n) is 6.20. The predicted molar refractivity (Wildman–Crippen MR) is 78.9 cm³/mol. The lowest BCUT2D eigenvalue weighted by Crippen LogP contribution is -1.97. The maximum absolute atomic E-state index is 6.07. The second kappa shape index (κ2) is 5.55. The molecule has 0 heterocycles. The van der Waals surface area contributed by atoms with Gasteiger partial charge < -0.3 is 5.73 Å². The number of nitrogens with two attached hydrogens (primary N) is 1. The molecule has 0 saturated heterocycles. The summed E-state index contributed by atoms with van der Waals surface area (Å²) in [6.45, 7) is 4.87. The van der Waals surface area contributed by atoms with E-state index in [9.17, 15) is 0 Å². The first kappa shape index (κ1) is 13.1. The average Bonchev–Trinajstić information content (AvgIpc) is 2.39. The Kier molecular flexibility index (Phi) is 4.05. The van der Waals surface area contributed by atoms with Gasteiger partial charge in [0, 0.05) is 11.6 Å². The molecule has 0 aliphatic carbocycles. The first-order chi connectivity index (χ1) is 8.61. The van der Waals surface area contributed by atoms with Crippen molar-refractivity contribution in [1.29, 1.82) is 0 Å². The van der Waals surface area contributed by atoms with Crippen LogP contribution in [0, 0.1) is 0 Å². The zero-order valence-electron chi connectivity index (χ0n) is 10.8. The maximum atomic E-state index is 6.07. The van der Waals surface area contributed by atoms with E-state index in [1.54, 1.807) is 0 Å². The van der Waals surface area contributed by atoms with Crippen molar-refractivity contribution in [1.82, 2.24) is 0 Å². The van der Waals surface area contributed by atoms with E-state index in [-0.39, 0.29) is 0 Å². The molecule has 2 aromatic rings. The van der Waals surface area contributed by atoms with Crippen molar-refractivity contribution in [3.63, 3.8) is 0 Å². The molecule has 0 aliphatic heterocycles. The molecule has 94 valence electrons. The number of hydrogen-bond donors (Lipinski definition) is 1. The van der Waals surface area contributed by atoms with Crippen LogP contribution in [0.5, 0.6) is 0 Å². The van der Waals surface area contributed by atoms with Crippen molar-refractivity contribution in [3.8, 4) is 11.1 Å². The minimum Gasteiger partial charge on any atom is -0.326 e. The van der Waals surface area contributed by atoms with Crippen molar-refractivity contribution in [2.75, 3.05) is 0 Å². The summed E-state index contributed by atoms with van der Waals surface area (Å²) in [4.78, 5) is 0. The largest absolute Gasteiger partial charge is 0.326 e. The highest BCUT2D eigenvalue weighted by molar-refractivity contribution is 6.31. The molecular formula is C16H18ClN. The molecule has 0 amide bonds. The normalized spacial score (nSPS) is 10.9. The summed E-state index contributed by atoms with van der Waals surface area (Å²) in [5.41, 5.74) is 10.4. The van der Waals surface area contributed by atoms with E-state index >= 15 is 0 Å². The Morgan fingerprint density at radius 3 is 2.17 bits per heavy atom. The van der Waals surface area contributed by atoms with E-state index in [4.69, 9.17) is 17.3 Å². The fraction of sp³-hybridized carbons (Fsp3) is 0.250. The summed E-state index contributed by atoms with van der Waals surface area (Å²) >= 11 is 6.07. The van der Waals surface area contributed by atoms with Crippen LogP contribution in [-0.4, -0.2) is 0 Å². The molecule has 2 aromatic carbocycles. The van der Waals surface area contributed by atoms with Crippen molar-refractivity contribution in [3.05, 3.63) is 58.6 Å². The van der Waals surface area contributed by atoms with E-state index in [2.05, 4.69) is 44.2 Å². The van der Waals surface area contributed by atoms with Gasteiger partial charge in [-0.2, -0.15) is 0 Å². The van der Waals surface area contributed by atoms with E-state index < -0.39 is 0 Å². The molecule has 0 bridgehead atoms. The molecule has 0 aliphatic rings. The molecule has 0 saturated carbocycles. The van der Waals surface area contributed by atoms with Gasteiger partial charge in [0.15, 0.2) is 0 Å². The van der Waals surface area contributed by atoms with Crippen LogP contribution < -0.4 is 5.73 Å². The van der Waals surface area contributed by atoms with Crippen molar-refractivity contribution >= 4 is 11.6 Å². The summed E-state index contributed by atoms with van der Waals surface area (Å²) in [6.07, 6.45) is 0. The lowest BCUT2D eigenvalue weighted by Gasteiger charge is -2.09. The van der Waals surface area contributed by atoms with Crippen molar-refractivity contribution < 1.29 is 0 Å². The average molecular weight is 260 g/mol. The molecule has 0 aromatic heterocycles. The lowest BCUT2D eigenvalue weighted by atomic mass is 9.98. The first-order valence-corrected chi connectivity index (χ1v) is 6.58. The Labute approximate surface area is 114 Å². The monoisotopic (exact) mass is 259 g/mol. The van der Waals surface area contributed by atoms with Gasteiger partial charge in [0.1, 0.15) is 0 Å². The molecular weight excluding hydrogens is 242 g/mol. The number of halogens is 1. The maximum Gasteiger partial charge on any atom is 0.0451 e. The van der Waals surface area contributed by atoms with Gasteiger partial charge in [0.25, 0.3) is 0 Å². The van der Waals surface area contributed by atoms with Crippen LogP contribution in [0.1, 0.15) is 30.9 Å². The summed E-state index contributed by atoms with van der Waals surface area (Å²) in [7, 11) is 0. The molecule has 1 nitrogen and oxygen atoms in total. The van der Waals surface area contributed by atoms with Gasteiger partial charge in [-0.25, -0.2) is 0 Å². The molecule has 2 heteroatoms. The summed E-state index contributed by atoms with van der Waals surface area (Å²) in [5, 5.41) is 0.736. The molecule has 0 fully saturated rings. The van der Waals surface area contributed by atoms with Crippen LogP contribution in [0.15, 0.2) is 42.5 Å². The van der Waals surface area contributed by atoms with Crippen LogP contribution in [0.2, 0.25) is 5.02 Å². The molecule has 0 atom stereocenters. The molecule has 0 radical (unpaired) electrons. The Balaban J connectivity index is 2.36. The van der Waals surface area contributed by atoms with E-state index in [1.807, 2.05) is 12.1 Å². The SMILES string of the molecule is CC(C)c1ccc(-c2ccc(Cl)c(CN)c2)cc1. The van der Waals surface area contributed by atoms with E-state index in [0.717, 1.165) is 16.1 Å². The summed E-state index contributed by atoms with van der Waals surface area (Å²) in [6, 6.07) is 14.7. The van der Waals surface area contributed by atoms with Crippen LogP contribution in [-0.2, 0) is 6.54 Å². The molecule has 0 unspecified atom stereocenters. The molecule has 2 rings (SSSR count). The van der Waals surface area contributed by atoms with Crippen LogP contribution >= 0.6 is 11.6 Å². The third-order valence-electron chi connectivity index (χ3n) is 3.18. The Morgan fingerprint density at radius 1 is 1.00 bits per heavy atom. The Morgan fingerprint density at radius 2 is 1.61 bits per heavy atom. The highest BCUT2D eigenvalue weighted by atomic mass is 35.5. The van der Waals surface area contributed by atoms with Gasteiger partial charge in [-0.1, -0.05) is 55.8 Å². The standard InChI is InChI=1S/C16H18ClN/c1-11(2)12-3-5-13(6-4-12)14-7-8-16(17)15(9-14)10-18/h3-9,11H,10,18H2,1-2H3. The van der Waals surface area contributed by atoms with Crippen molar-refractivity contribution in [2.24, 2.45) is 5.73 Å². The Bertz CT molecular complexity index is 529. The highest BCUT2D eigenvalue weighted by Gasteiger charge is 2.04. The fourth-order valence-electron chi connectivity index (χ4n) is 1.97. The zero-order chi connectivity index (χ0) is 13.1. The summed E-state index contributed by atoms with van der Waals surface area (Å²) < 4.78 is 0. The van der Waals surface area contributed by atoms with E-state index in [0.29, 0.717) is 12.5 Å². The van der Waals surface area contributed by atoms with Crippen LogP contribution in [0.3, 0.4) is 0 Å². The fourth-order valence-corrected chi connectivity index (χ4v) is 2.17. The minimum atomic E-state index is 0.469.